The summed E-state index contributed by atoms with van der Waals surface area (Å²) in [5, 5.41) is 9.77. The number of carbonyl (C=O) groups is 1. The van der Waals surface area contributed by atoms with Gasteiger partial charge in [0.05, 0.1) is 6.04 Å². The standard InChI is InChI=1S/C16H21ClFNO3/c1-15(2,3)13-16(22-4,5-6-19(13)14(20)21)10-7-11(17)9-12(18)8-10/h7-9,13H,5-6H2,1-4H3,(H,20,21). The van der Waals surface area contributed by atoms with Crippen LogP contribution in [-0.4, -0.2) is 35.8 Å². The Bertz CT molecular complexity index is 567. The topological polar surface area (TPSA) is 49.8 Å². The Hall–Kier alpha value is -1.33. The quantitative estimate of drug-likeness (QED) is 0.888. The molecule has 0 saturated carbocycles. The fourth-order valence-corrected chi connectivity index (χ4v) is 3.83. The fraction of sp³-hybridized carbons (Fsp3) is 0.562. The van der Waals surface area contributed by atoms with Crippen LogP contribution in [0.3, 0.4) is 0 Å². The van der Waals surface area contributed by atoms with Crippen LogP contribution in [0.2, 0.25) is 5.02 Å². The van der Waals surface area contributed by atoms with E-state index in [1.54, 1.807) is 6.07 Å². The second kappa shape index (κ2) is 5.70. The molecule has 0 aliphatic carbocycles. The van der Waals surface area contributed by atoms with Gasteiger partial charge in [-0.15, -0.1) is 0 Å². The van der Waals surface area contributed by atoms with Crippen LogP contribution in [0.15, 0.2) is 18.2 Å². The molecule has 0 spiro atoms. The van der Waals surface area contributed by atoms with Crippen LogP contribution in [0.5, 0.6) is 0 Å². The van der Waals surface area contributed by atoms with E-state index < -0.39 is 23.6 Å². The second-order valence-electron chi connectivity index (χ2n) is 6.75. The number of carboxylic acid groups (broad SMARTS) is 1. The van der Waals surface area contributed by atoms with E-state index in [-0.39, 0.29) is 10.4 Å². The van der Waals surface area contributed by atoms with Crippen molar-refractivity contribution < 1.29 is 19.0 Å². The number of nitrogens with zero attached hydrogens (tertiary/aromatic N) is 1. The van der Waals surface area contributed by atoms with Gasteiger partial charge < -0.3 is 14.7 Å². The van der Waals surface area contributed by atoms with E-state index in [1.165, 1.54) is 24.1 Å². The molecule has 0 radical (unpaired) electrons. The van der Waals surface area contributed by atoms with E-state index in [4.69, 9.17) is 16.3 Å². The molecular weight excluding hydrogens is 309 g/mol. The maximum Gasteiger partial charge on any atom is 0.407 e. The lowest BCUT2D eigenvalue weighted by Crippen LogP contribution is -2.53. The summed E-state index contributed by atoms with van der Waals surface area (Å²) in [4.78, 5) is 13.0. The number of ether oxygens (including phenoxy) is 1. The van der Waals surface area contributed by atoms with Gasteiger partial charge in [-0.3, -0.25) is 0 Å². The van der Waals surface area contributed by atoms with Crippen molar-refractivity contribution in [2.24, 2.45) is 5.41 Å². The van der Waals surface area contributed by atoms with Crippen LogP contribution in [0.1, 0.15) is 32.8 Å². The number of hydrogen-bond donors (Lipinski definition) is 1. The van der Waals surface area contributed by atoms with Crippen LogP contribution in [0.4, 0.5) is 9.18 Å². The highest BCUT2D eigenvalue weighted by atomic mass is 35.5. The largest absolute Gasteiger partial charge is 0.465 e. The van der Waals surface area contributed by atoms with Gasteiger partial charge in [0.2, 0.25) is 0 Å². The highest BCUT2D eigenvalue weighted by Gasteiger charge is 2.55. The van der Waals surface area contributed by atoms with Crippen molar-refractivity contribution in [1.82, 2.24) is 4.90 Å². The van der Waals surface area contributed by atoms with Crippen molar-refractivity contribution in [2.45, 2.75) is 38.8 Å². The van der Waals surface area contributed by atoms with Gasteiger partial charge in [0.25, 0.3) is 0 Å². The lowest BCUT2D eigenvalue weighted by atomic mass is 9.73. The van der Waals surface area contributed by atoms with E-state index in [1.807, 2.05) is 20.8 Å². The number of amides is 1. The van der Waals surface area contributed by atoms with E-state index in [9.17, 15) is 14.3 Å². The van der Waals surface area contributed by atoms with Gasteiger partial charge in [0, 0.05) is 25.1 Å². The molecule has 4 nitrogen and oxygen atoms in total. The Morgan fingerprint density at radius 3 is 2.55 bits per heavy atom. The van der Waals surface area contributed by atoms with Gasteiger partial charge in [-0.05, 0) is 29.2 Å². The van der Waals surface area contributed by atoms with Crippen molar-refractivity contribution in [1.29, 1.82) is 0 Å². The van der Waals surface area contributed by atoms with Gasteiger partial charge in [-0.25, -0.2) is 9.18 Å². The number of likely N-dealkylation sites (tertiary alicyclic amines) is 1. The lowest BCUT2D eigenvalue weighted by Gasteiger charge is -2.44. The third-order valence-electron chi connectivity index (χ3n) is 4.26. The molecule has 6 heteroatoms. The first-order valence-corrected chi connectivity index (χ1v) is 7.51. The average Bonchev–Trinajstić information content (AvgIpc) is 2.78. The van der Waals surface area contributed by atoms with Crippen LogP contribution in [0, 0.1) is 11.2 Å². The Kier molecular flexibility index (Phi) is 4.42. The first-order chi connectivity index (χ1) is 10.1. The highest BCUT2D eigenvalue weighted by Crippen LogP contribution is 2.48. The van der Waals surface area contributed by atoms with E-state index in [0.717, 1.165) is 0 Å². The van der Waals surface area contributed by atoms with Gasteiger partial charge in [0.1, 0.15) is 11.4 Å². The van der Waals surface area contributed by atoms with E-state index >= 15 is 0 Å². The van der Waals surface area contributed by atoms with Crippen LogP contribution in [0.25, 0.3) is 0 Å². The summed E-state index contributed by atoms with van der Waals surface area (Å²) in [6.45, 7) is 6.19. The molecule has 1 aliphatic heterocycles. The molecule has 1 fully saturated rings. The molecule has 1 saturated heterocycles. The predicted octanol–water partition coefficient (Wildman–Crippen LogP) is 4.12. The number of benzene rings is 1. The number of rotatable bonds is 2. The van der Waals surface area contributed by atoms with Crippen molar-refractivity contribution >= 4 is 17.7 Å². The second-order valence-corrected chi connectivity index (χ2v) is 7.18. The van der Waals surface area contributed by atoms with E-state index in [0.29, 0.717) is 18.5 Å². The summed E-state index contributed by atoms with van der Waals surface area (Å²) in [5.74, 6) is -0.458. The highest BCUT2D eigenvalue weighted by molar-refractivity contribution is 6.30. The van der Waals surface area contributed by atoms with Crippen LogP contribution >= 0.6 is 11.6 Å². The molecule has 2 rings (SSSR count). The molecular formula is C16H21ClFNO3. The zero-order valence-corrected chi connectivity index (χ0v) is 13.9. The minimum Gasteiger partial charge on any atom is -0.465 e. The fourth-order valence-electron chi connectivity index (χ4n) is 3.61. The molecule has 22 heavy (non-hydrogen) atoms. The van der Waals surface area contributed by atoms with E-state index in [2.05, 4.69) is 0 Å². The Labute approximate surface area is 134 Å². The third-order valence-corrected chi connectivity index (χ3v) is 4.48. The number of methoxy groups -OCH3 is 1. The monoisotopic (exact) mass is 329 g/mol. The Balaban J connectivity index is 2.62. The third kappa shape index (κ3) is 2.79. The SMILES string of the molecule is COC1(c2cc(F)cc(Cl)c2)CCN(C(=O)O)C1C(C)(C)C. The predicted molar refractivity (Wildman–Crippen MR) is 82.7 cm³/mol. The van der Waals surface area contributed by atoms with Crippen molar-refractivity contribution in [3.8, 4) is 0 Å². The molecule has 0 aromatic heterocycles. The van der Waals surface area contributed by atoms with Crippen LogP contribution in [-0.2, 0) is 10.3 Å². The normalized spacial score (nSPS) is 25.5. The Morgan fingerprint density at radius 2 is 2.09 bits per heavy atom. The van der Waals surface area contributed by atoms with Gasteiger partial charge in [0.15, 0.2) is 0 Å². The van der Waals surface area contributed by atoms with Crippen molar-refractivity contribution in [2.75, 3.05) is 13.7 Å². The molecule has 122 valence electrons. The molecule has 2 unspecified atom stereocenters. The summed E-state index contributed by atoms with van der Waals surface area (Å²) in [6.07, 6.45) is -0.543. The molecule has 1 aliphatic rings. The molecule has 1 heterocycles. The summed E-state index contributed by atoms with van der Waals surface area (Å²) in [7, 11) is 1.53. The van der Waals surface area contributed by atoms with Gasteiger partial charge in [-0.2, -0.15) is 0 Å². The molecule has 2 atom stereocenters. The van der Waals surface area contributed by atoms with Crippen molar-refractivity contribution in [3.05, 3.63) is 34.6 Å². The molecule has 1 N–H and O–H groups in total. The lowest BCUT2D eigenvalue weighted by molar-refractivity contribution is -0.0733. The maximum absolute atomic E-state index is 13.8. The average molecular weight is 330 g/mol. The van der Waals surface area contributed by atoms with Gasteiger partial charge >= 0.3 is 6.09 Å². The summed E-state index contributed by atoms with van der Waals surface area (Å²) in [5.41, 5.74) is -0.727. The van der Waals surface area contributed by atoms with Gasteiger partial charge in [-0.1, -0.05) is 32.4 Å². The zero-order valence-electron chi connectivity index (χ0n) is 13.2. The summed E-state index contributed by atoms with van der Waals surface area (Å²) in [6, 6.07) is 3.81. The molecule has 1 amide bonds. The molecule has 1 aromatic rings. The molecule has 0 bridgehead atoms. The first kappa shape index (κ1) is 17.0. The van der Waals surface area contributed by atoms with Crippen LogP contribution < -0.4 is 0 Å². The maximum atomic E-state index is 13.8. The Morgan fingerprint density at radius 1 is 1.45 bits per heavy atom. The minimum atomic E-state index is -0.999. The summed E-state index contributed by atoms with van der Waals surface area (Å²) < 4.78 is 19.6. The zero-order chi connectivity index (χ0) is 16.7. The summed E-state index contributed by atoms with van der Waals surface area (Å²) >= 11 is 5.98. The van der Waals surface area contributed by atoms with Crippen molar-refractivity contribution in [3.63, 3.8) is 0 Å². The molecule has 1 aromatic carbocycles. The first-order valence-electron chi connectivity index (χ1n) is 7.13. The minimum absolute atomic E-state index is 0.271. The number of halogens is 2. The number of hydrogen-bond acceptors (Lipinski definition) is 2. The smallest absolute Gasteiger partial charge is 0.407 e.